The van der Waals surface area contributed by atoms with Crippen molar-refractivity contribution >= 4 is 36.6 Å². The van der Waals surface area contributed by atoms with Gasteiger partial charge in [-0.1, -0.05) is 39.8 Å². The standard InChI is InChI=1S/2C11H14FNO.2ClH/c2*1-3-7-5-6-9(11(13)14)8(4-2)10(7)12;;/h2*5-6H,3-4H2,1-2H3,(H2,13,14);2*1H. The Hall–Kier alpha value is -2.18. The molecule has 0 aromatic heterocycles. The number of carbonyl (C=O) groups excluding carboxylic acids is 2. The SMILES string of the molecule is CCc1ccc(C(N)=O)c(CC)c1F.CCc1ccc(C(N)=O)c(CC)c1F.Cl.Cl. The summed E-state index contributed by atoms with van der Waals surface area (Å²) in [5.74, 6) is -1.70. The Labute approximate surface area is 189 Å². The van der Waals surface area contributed by atoms with Gasteiger partial charge in [0.05, 0.1) is 0 Å². The van der Waals surface area contributed by atoms with Gasteiger partial charge in [-0.3, -0.25) is 9.59 Å². The fourth-order valence-corrected chi connectivity index (χ4v) is 3.04. The first-order valence-corrected chi connectivity index (χ1v) is 9.43. The maximum Gasteiger partial charge on any atom is 0.249 e. The van der Waals surface area contributed by atoms with Crippen LogP contribution in [0.25, 0.3) is 0 Å². The van der Waals surface area contributed by atoms with Crippen molar-refractivity contribution in [1.82, 2.24) is 0 Å². The molecule has 2 aromatic rings. The lowest BCUT2D eigenvalue weighted by Gasteiger charge is -2.08. The second-order valence-corrected chi connectivity index (χ2v) is 6.27. The molecule has 2 rings (SSSR count). The van der Waals surface area contributed by atoms with Gasteiger partial charge in [-0.25, -0.2) is 8.78 Å². The molecule has 4 nitrogen and oxygen atoms in total. The van der Waals surface area contributed by atoms with E-state index in [4.69, 9.17) is 11.5 Å². The zero-order valence-corrected chi connectivity index (χ0v) is 19.3. The molecule has 2 aromatic carbocycles. The van der Waals surface area contributed by atoms with Crippen molar-refractivity contribution in [2.45, 2.75) is 53.4 Å². The monoisotopic (exact) mass is 462 g/mol. The molecule has 0 heterocycles. The van der Waals surface area contributed by atoms with E-state index in [1.807, 2.05) is 27.7 Å². The summed E-state index contributed by atoms with van der Waals surface area (Å²) in [5, 5.41) is 0. The molecule has 8 heteroatoms. The lowest BCUT2D eigenvalue weighted by atomic mass is 9.99. The van der Waals surface area contributed by atoms with E-state index >= 15 is 0 Å². The molecule has 0 unspecified atom stereocenters. The number of aryl methyl sites for hydroxylation is 2. The van der Waals surface area contributed by atoms with Crippen molar-refractivity contribution in [3.05, 3.63) is 69.3 Å². The minimum Gasteiger partial charge on any atom is -0.366 e. The summed E-state index contributed by atoms with van der Waals surface area (Å²) in [6.07, 6.45) is 2.21. The van der Waals surface area contributed by atoms with Crippen LogP contribution in [0.15, 0.2) is 24.3 Å². The van der Waals surface area contributed by atoms with Crippen LogP contribution in [0.5, 0.6) is 0 Å². The highest BCUT2D eigenvalue weighted by atomic mass is 35.5. The summed E-state index contributed by atoms with van der Waals surface area (Å²) in [6.45, 7) is 7.37. The smallest absolute Gasteiger partial charge is 0.249 e. The van der Waals surface area contributed by atoms with Gasteiger partial charge in [0.15, 0.2) is 0 Å². The summed E-state index contributed by atoms with van der Waals surface area (Å²) in [5.41, 5.74) is 13.0. The second-order valence-electron chi connectivity index (χ2n) is 6.27. The van der Waals surface area contributed by atoms with Crippen molar-refractivity contribution in [3.8, 4) is 0 Å². The summed E-state index contributed by atoms with van der Waals surface area (Å²) < 4.78 is 27.4. The highest BCUT2D eigenvalue weighted by Crippen LogP contribution is 2.19. The Morgan fingerprint density at radius 3 is 1.17 bits per heavy atom. The van der Waals surface area contributed by atoms with Gasteiger partial charge in [0, 0.05) is 22.3 Å². The van der Waals surface area contributed by atoms with Crippen molar-refractivity contribution in [2.75, 3.05) is 0 Å². The van der Waals surface area contributed by atoms with Crippen LogP contribution in [0.3, 0.4) is 0 Å². The minimum absolute atomic E-state index is 0. The highest BCUT2D eigenvalue weighted by molar-refractivity contribution is 5.95. The van der Waals surface area contributed by atoms with Crippen LogP contribution in [0.2, 0.25) is 0 Å². The number of carbonyl (C=O) groups is 2. The largest absolute Gasteiger partial charge is 0.366 e. The number of halogens is 4. The quantitative estimate of drug-likeness (QED) is 0.636. The lowest BCUT2D eigenvalue weighted by Crippen LogP contribution is -2.15. The number of primary amides is 2. The van der Waals surface area contributed by atoms with Crippen molar-refractivity contribution in [2.24, 2.45) is 11.5 Å². The molecular formula is C22H30Cl2F2N2O2. The molecule has 0 bridgehead atoms. The van der Waals surface area contributed by atoms with E-state index in [2.05, 4.69) is 0 Å². The Bertz CT molecular complexity index is 803. The van der Waals surface area contributed by atoms with Crippen molar-refractivity contribution in [1.29, 1.82) is 0 Å². The first-order valence-electron chi connectivity index (χ1n) is 9.43. The van der Waals surface area contributed by atoms with Crippen LogP contribution in [0.4, 0.5) is 8.78 Å². The van der Waals surface area contributed by atoms with Crippen molar-refractivity contribution < 1.29 is 18.4 Å². The molecular weight excluding hydrogens is 433 g/mol. The van der Waals surface area contributed by atoms with Crippen molar-refractivity contribution in [3.63, 3.8) is 0 Å². The molecule has 0 aliphatic rings. The van der Waals surface area contributed by atoms with E-state index in [0.29, 0.717) is 59.1 Å². The molecule has 4 N–H and O–H groups in total. The Morgan fingerprint density at radius 2 is 0.967 bits per heavy atom. The molecule has 30 heavy (non-hydrogen) atoms. The average Bonchev–Trinajstić information content (AvgIpc) is 2.67. The third kappa shape index (κ3) is 6.96. The van der Waals surface area contributed by atoms with Crippen LogP contribution in [0, 0.1) is 11.6 Å². The van der Waals surface area contributed by atoms with E-state index in [1.54, 1.807) is 24.3 Å². The third-order valence-corrected chi connectivity index (χ3v) is 4.65. The molecule has 0 aliphatic carbocycles. The van der Waals surface area contributed by atoms with Gasteiger partial charge < -0.3 is 11.5 Å². The molecule has 0 spiro atoms. The molecule has 0 fully saturated rings. The van der Waals surface area contributed by atoms with E-state index < -0.39 is 11.8 Å². The predicted molar refractivity (Wildman–Crippen MR) is 122 cm³/mol. The van der Waals surface area contributed by atoms with Crippen LogP contribution in [-0.4, -0.2) is 11.8 Å². The van der Waals surface area contributed by atoms with Gasteiger partial charge in [0.25, 0.3) is 0 Å². The zero-order chi connectivity index (χ0) is 21.4. The van der Waals surface area contributed by atoms with Gasteiger partial charge in [-0.2, -0.15) is 0 Å². The summed E-state index contributed by atoms with van der Waals surface area (Å²) in [6, 6.07) is 6.44. The molecule has 2 amide bonds. The van der Waals surface area contributed by atoms with Crippen LogP contribution in [-0.2, 0) is 25.7 Å². The molecule has 168 valence electrons. The fourth-order valence-electron chi connectivity index (χ4n) is 3.04. The average molecular weight is 463 g/mol. The van der Waals surface area contributed by atoms with Crippen LogP contribution < -0.4 is 11.5 Å². The number of amides is 2. The molecule has 0 aliphatic heterocycles. The highest BCUT2D eigenvalue weighted by Gasteiger charge is 2.14. The van der Waals surface area contributed by atoms with E-state index in [0.717, 1.165) is 0 Å². The number of hydrogen-bond donors (Lipinski definition) is 2. The second kappa shape index (κ2) is 13.9. The predicted octanol–water partition coefficient (Wildman–Crippen LogP) is 4.94. The summed E-state index contributed by atoms with van der Waals surface area (Å²) in [4.78, 5) is 22.0. The van der Waals surface area contributed by atoms with Gasteiger partial charge in [-0.15, -0.1) is 24.8 Å². The van der Waals surface area contributed by atoms with Crippen LogP contribution >= 0.6 is 24.8 Å². The van der Waals surface area contributed by atoms with E-state index in [1.165, 1.54) is 0 Å². The first-order chi connectivity index (χ1) is 13.2. The zero-order valence-electron chi connectivity index (χ0n) is 17.7. The number of benzene rings is 2. The number of rotatable bonds is 6. The van der Waals surface area contributed by atoms with Gasteiger partial charge in [0.1, 0.15) is 11.6 Å². The molecule has 0 atom stereocenters. The molecule has 0 saturated carbocycles. The van der Waals surface area contributed by atoms with E-state index in [-0.39, 0.29) is 36.4 Å². The minimum atomic E-state index is -0.566. The third-order valence-electron chi connectivity index (χ3n) is 4.65. The maximum absolute atomic E-state index is 13.7. The van der Waals surface area contributed by atoms with E-state index in [9.17, 15) is 18.4 Å². The Kier molecular flexibility index (Phi) is 13.9. The number of nitrogens with two attached hydrogens (primary N) is 2. The number of hydrogen-bond acceptors (Lipinski definition) is 2. The Morgan fingerprint density at radius 1 is 0.667 bits per heavy atom. The topological polar surface area (TPSA) is 86.2 Å². The summed E-state index contributed by atoms with van der Waals surface area (Å²) >= 11 is 0. The fraction of sp³-hybridized carbons (Fsp3) is 0.364. The maximum atomic E-state index is 13.7. The first kappa shape index (κ1) is 30.0. The Balaban J connectivity index is 0. The van der Waals surface area contributed by atoms with Gasteiger partial charge >= 0.3 is 0 Å². The van der Waals surface area contributed by atoms with Gasteiger partial charge in [-0.05, 0) is 48.9 Å². The van der Waals surface area contributed by atoms with Crippen LogP contribution in [0.1, 0.15) is 70.7 Å². The molecule has 0 radical (unpaired) electrons. The lowest BCUT2D eigenvalue weighted by molar-refractivity contribution is 0.0990. The molecule has 0 saturated heterocycles. The summed E-state index contributed by atoms with van der Waals surface area (Å²) in [7, 11) is 0. The normalized spacial score (nSPS) is 9.53. The van der Waals surface area contributed by atoms with Gasteiger partial charge in [0.2, 0.25) is 11.8 Å².